The zero-order chi connectivity index (χ0) is 19.6. The van der Waals surface area contributed by atoms with E-state index in [4.69, 9.17) is 0 Å². The highest BCUT2D eigenvalue weighted by molar-refractivity contribution is 7.85. The van der Waals surface area contributed by atoms with E-state index in [2.05, 4.69) is 35.1 Å². The molecule has 0 spiro atoms. The number of nitrogens with zero attached hydrogens (tertiary/aromatic N) is 1. The first kappa shape index (κ1) is 27.1. The van der Waals surface area contributed by atoms with Crippen LogP contribution in [0.4, 0.5) is 0 Å². The van der Waals surface area contributed by atoms with Gasteiger partial charge in [0, 0.05) is 5.75 Å². The van der Waals surface area contributed by atoms with E-state index in [1.165, 1.54) is 70.6 Å². The Balaban J connectivity index is 0. The Morgan fingerprint density at radius 2 is 0.840 bits per heavy atom. The minimum absolute atomic E-state index is 0.189. The summed E-state index contributed by atoms with van der Waals surface area (Å²) >= 11 is 0. The Bertz CT molecular complexity index is 356. The lowest BCUT2D eigenvalue weighted by Gasteiger charge is -2.14. The van der Waals surface area contributed by atoms with Gasteiger partial charge in [0.05, 0.1) is 38.3 Å². The monoisotopic (exact) mass is 379 g/mol. The number of hydrogen-bond acceptors (Lipinski definition) is 3. The zero-order valence-corrected chi connectivity index (χ0v) is 18.5. The molecule has 0 aliphatic rings. The van der Waals surface area contributed by atoms with Crippen LogP contribution in [-0.4, -0.2) is 51.4 Å². The van der Waals surface area contributed by atoms with Crippen LogP contribution < -0.4 is 0 Å². The molecule has 154 valence electrons. The number of rotatable bonds is 15. The van der Waals surface area contributed by atoms with E-state index in [0.29, 0.717) is 6.42 Å². The third-order valence-electron chi connectivity index (χ3n) is 3.75. The van der Waals surface area contributed by atoms with Crippen molar-refractivity contribution < 1.29 is 17.5 Å². The topological polar surface area (TPSA) is 57.2 Å². The summed E-state index contributed by atoms with van der Waals surface area (Å²) in [6, 6.07) is 0. The summed E-state index contributed by atoms with van der Waals surface area (Å²) in [4.78, 5) is 0. The van der Waals surface area contributed by atoms with Crippen LogP contribution in [0.5, 0.6) is 0 Å². The molecular formula is C20H45NO3S. The van der Waals surface area contributed by atoms with E-state index in [-0.39, 0.29) is 5.75 Å². The summed E-state index contributed by atoms with van der Waals surface area (Å²) in [6.45, 7) is 2.25. The van der Waals surface area contributed by atoms with Crippen molar-refractivity contribution in [1.29, 1.82) is 0 Å². The average Bonchev–Trinajstić information content (AvgIpc) is 2.45. The maximum Gasteiger partial charge on any atom is 0.0945 e. The van der Waals surface area contributed by atoms with Crippen LogP contribution in [0.25, 0.3) is 0 Å². The Kier molecular flexibility index (Phi) is 18.7. The van der Waals surface area contributed by atoms with E-state index >= 15 is 0 Å². The fourth-order valence-corrected chi connectivity index (χ4v) is 3.03. The van der Waals surface area contributed by atoms with Crippen LogP contribution in [0.3, 0.4) is 0 Å². The molecule has 0 fully saturated rings. The predicted octanol–water partition coefficient (Wildman–Crippen LogP) is 5.34. The van der Waals surface area contributed by atoms with Crippen LogP contribution >= 0.6 is 0 Å². The molecule has 0 heterocycles. The van der Waals surface area contributed by atoms with Crippen molar-refractivity contribution in [2.24, 2.45) is 0 Å². The van der Waals surface area contributed by atoms with Gasteiger partial charge in [-0.25, -0.2) is 8.42 Å². The fourth-order valence-electron chi connectivity index (χ4n) is 2.47. The molecule has 25 heavy (non-hydrogen) atoms. The molecule has 4 nitrogen and oxygen atoms in total. The van der Waals surface area contributed by atoms with Crippen molar-refractivity contribution in [3.8, 4) is 0 Å². The minimum atomic E-state index is -3.99. The fraction of sp³-hybridized carbons (Fsp3) is 1.00. The number of hydrogen-bond donors (Lipinski definition) is 0. The zero-order valence-electron chi connectivity index (χ0n) is 17.7. The van der Waals surface area contributed by atoms with Crippen LogP contribution in [-0.2, 0) is 10.1 Å². The summed E-state index contributed by atoms with van der Waals surface area (Å²) in [5.74, 6) is -0.189. The van der Waals surface area contributed by atoms with Crippen molar-refractivity contribution in [3.63, 3.8) is 0 Å². The molecule has 0 atom stereocenters. The largest absolute Gasteiger partial charge is 0.748 e. The third-order valence-corrected chi connectivity index (χ3v) is 4.54. The lowest BCUT2D eigenvalue weighted by atomic mass is 10.0. The van der Waals surface area contributed by atoms with Gasteiger partial charge >= 0.3 is 0 Å². The maximum absolute atomic E-state index is 10.4. The standard InChI is InChI=1S/C16H34O3S.C4H12N/c1-2-3-4-5-6-7-8-9-10-11-12-13-14-15-16-20(17,18)19;1-5(2,3)4/h2-16H2,1H3,(H,17,18,19);1-4H3/q;+1/p-1. The molecule has 0 aliphatic heterocycles. The second-order valence-corrected chi connectivity index (χ2v) is 10.1. The van der Waals surface area contributed by atoms with Crippen molar-refractivity contribution in [3.05, 3.63) is 0 Å². The highest BCUT2D eigenvalue weighted by Gasteiger charge is 1.96. The van der Waals surface area contributed by atoms with Gasteiger partial charge in [-0.05, 0) is 6.42 Å². The van der Waals surface area contributed by atoms with Gasteiger partial charge in [0.15, 0.2) is 0 Å². The lowest BCUT2D eigenvalue weighted by Crippen LogP contribution is -2.27. The van der Waals surface area contributed by atoms with Gasteiger partial charge in [-0.1, -0.05) is 90.4 Å². The SMILES string of the molecule is CCCCCCCCCCCCCCCCS(=O)(=O)[O-].C[N+](C)(C)C. The maximum atomic E-state index is 10.4. The van der Waals surface area contributed by atoms with E-state index in [0.717, 1.165) is 17.3 Å². The van der Waals surface area contributed by atoms with Gasteiger partial charge in [-0.3, -0.25) is 0 Å². The lowest BCUT2D eigenvalue weighted by molar-refractivity contribution is -0.849. The molecule has 0 amide bonds. The van der Waals surface area contributed by atoms with E-state index in [1.54, 1.807) is 0 Å². The first-order chi connectivity index (χ1) is 11.6. The molecule has 0 aromatic carbocycles. The molecule has 0 aromatic rings. The molecule has 0 bridgehead atoms. The predicted molar refractivity (Wildman–Crippen MR) is 109 cm³/mol. The first-order valence-corrected chi connectivity index (χ1v) is 11.9. The van der Waals surface area contributed by atoms with Crippen LogP contribution in [0.15, 0.2) is 0 Å². The summed E-state index contributed by atoms with van der Waals surface area (Å²) < 4.78 is 32.2. The van der Waals surface area contributed by atoms with Crippen LogP contribution in [0, 0.1) is 0 Å². The molecule has 0 rings (SSSR count). The summed E-state index contributed by atoms with van der Waals surface area (Å²) in [5.41, 5.74) is 0. The van der Waals surface area contributed by atoms with Crippen molar-refractivity contribution in [2.75, 3.05) is 33.9 Å². The van der Waals surface area contributed by atoms with E-state index in [9.17, 15) is 13.0 Å². The molecule has 0 saturated heterocycles. The Morgan fingerprint density at radius 1 is 0.600 bits per heavy atom. The minimum Gasteiger partial charge on any atom is -0.748 e. The first-order valence-electron chi connectivity index (χ1n) is 10.3. The van der Waals surface area contributed by atoms with E-state index in [1.807, 2.05) is 0 Å². The number of quaternary nitrogens is 1. The Morgan fingerprint density at radius 3 is 1.08 bits per heavy atom. The molecule has 0 aromatic heterocycles. The molecule has 0 saturated carbocycles. The molecular weight excluding hydrogens is 334 g/mol. The molecule has 5 heteroatoms. The summed E-state index contributed by atoms with van der Waals surface area (Å²) in [6.07, 6.45) is 17.2. The van der Waals surface area contributed by atoms with Gasteiger partial charge in [0.25, 0.3) is 0 Å². The molecule has 0 aliphatic carbocycles. The van der Waals surface area contributed by atoms with Gasteiger partial charge in [-0.15, -0.1) is 0 Å². The van der Waals surface area contributed by atoms with Crippen LogP contribution in [0.2, 0.25) is 0 Å². The highest BCUT2D eigenvalue weighted by Crippen LogP contribution is 2.13. The quantitative estimate of drug-likeness (QED) is 0.219. The Labute approximate surface area is 158 Å². The van der Waals surface area contributed by atoms with Gasteiger partial charge in [0.1, 0.15) is 0 Å². The van der Waals surface area contributed by atoms with Crippen LogP contribution in [0.1, 0.15) is 96.8 Å². The van der Waals surface area contributed by atoms with Crippen molar-refractivity contribution >= 4 is 10.1 Å². The molecule has 0 N–H and O–H groups in total. The summed E-state index contributed by atoms with van der Waals surface area (Å²) in [7, 11) is 4.51. The second kappa shape index (κ2) is 17.3. The van der Waals surface area contributed by atoms with E-state index < -0.39 is 10.1 Å². The van der Waals surface area contributed by atoms with Gasteiger partial charge in [-0.2, -0.15) is 0 Å². The third kappa shape index (κ3) is 40.1. The second-order valence-electron chi connectivity index (χ2n) is 8.54. The van der Waals surface area contributed by atoms with Crippen molar-refractivity contribution in [1.82, 2.24) is 0 Å². The highest BCUT2D eigenvalue weighted by atomic mass is 32.2. The van der Waals surface area contributed by atoms with Gasteiger partial charge < -0.3 is 9.04 Å². The number of unbranched alkanes of at least 4 members (excludes halogenated alkanes) is 13. The smallest absolute Gasteiger partial charge is 0.0945 e. The average molecular weight is 380 g/mol. The van der Waals surface area contributed by atoms with Gasteiger partial charge in [0.2, 0.25) is 0 Å². The summed E-state index contributed by atoms with van der Waals surface area (Å²) in [5, 5.41) is 0. The Hall–Kier alpha value is -0.130. The van der Waals surface area contributed by atoms with Crippen molar-refractivity contribution in [2.45, 2.75) is 96.8 Å². The normalized spacial score (nSPS) is 11.9. The molecule has 0 radical (unpaired) electrons. The molecule has 0 unspecified atom stereocenters.